The number of nitrogen functional groups attached to an aromatic ring is 1. The van der Waals surface area contributed by atoms with Gasteiger partial charge in [0.15, 0.2) is 5.82 Å². The zero-order valence-corrected chi connectivity index (χ0v) is 9.48. The molecule has 86 valence electrons. The Kier molecular flexibility index (Phi) is 1.60. The van der Waals surface area contributed by atoms with Crippen LogP contribution in [0.15, 0.2) is 10.6 Å². The fourth-order valence-corrected chi connectivity index (χ4v) is 4.95. The Morgan fingerprint density at radius 1 is 1.12 bits per heavy atom. The zero-order chi connectivity index (χ0) is 10.8. The molecule has 0 aromatic carbocycles. The standard InChI is InChI=1S/C13H18N2O/c14-12-4-11(16-15-12)13-5-8-1-9(6-13)3-10(2-8)7-13/h4,8-10H,1-3,5-7H2,(H2,14,15). The number of hydrogen-bond donors (Lipinski definition) is 1. The molecule has 1 aromatic rings. The summed E-state index contributed by atoms with van der Waals surface area (Å²) in [5.41, 5.74) is 6.00. The Morgan fingerprint density at radius 2 is 1.69 bits per heavy atom. The summed E-state index contributed by atoms with van der Waals surface area (Å²) in [6.07, 6.45) is 8.32. The molecule has 3 nitrogen and oxygen atoms in total. The van der Waals surface area contributed by atoms with E-state index in [1.165, 1.54) is 38.5 Å². The molecule has 0 atom stereocenters. The number of nitrogens with two attached hydrogens (primary N) is 1. The maximum Gasteiger partial charge on any atom is 0.167 e. The van der Waals surface area contributed by atoms with Crippen LogP contribution in [-0.4, -0.2) is 5.16 Å². The molecular weight excluding hydrogens is 200 g/mol. The highest BCUT2D eigenvalue weighted by Gasteiger charge is 2.53. The van der Waals surface area contributed by atoms with Crippen molar-refractivity contribution in [3.8, 4) is 0 Å². The first-order chi connectivity index (χ1) is 7.73. The molecule has 4 bridgehead atoms. The predicted octanol–water partition coefficient (Wildman–Crippen LogP) is 2.72. The van der Waals surface area contributed by atoms with Gasteiger partial charge in [0.1, 0.15) is 5.76 Å². The van der Waals surface area contributed by atoms with E-state index in [-0.39, 0.29) is 0 Å². The SMILES string of the molecule is Nc1cc(C23CC4CC(CC(C4)C2)C3)on1. The van der Waals surface area contributed by atoms with Crippen molar-refractivity contribution in [3.05, 3.63) is 11.8 Å². The Balaban J connectivity index is 1.76. The van der Waals surface area contributed by atoms with Gasteiger partial charge in [-0.2, -0.15) is 0 Å². The molecule has 4 fully saturated rings. The minimum absolute atomic E-state index is 0.305. The maximum atomic E-state index is 5.69. The molecule has 4 saturated carbocycles. The fourth-order valence-electron chi connectivity index (χ4n) is 4.95. The lowest BCUT2D eigenvalue weighted by Crippen LogP contribution is -2.48. The molecule has 0 spiro atoms. The molecule has 3 heteroatoms. The summed E-state index contributed by atoms with van der Waals surface area (Å²) < 4.78 is 5.47. The first-order valence-electron chi connectivity index (χ1n) is 6.46. The summed E-state index contributed by atoms with van der Waals surface area (Å²) in [5, 5.41) is 3.88. The van der Waals surface area contributed by atoms with Crippen LogP contribution in [-0.2, 0) is 5.41 Å². The van der Waals surface area contributed by atoms with Crippen LogP contribution in [0.25, 0.3) is 0 Å². The summed E-state index contributed by atoms with van der Waals surface area (Å²) in [5.74, 6) is 4.45. The highest BCUT2D eigenvalue weighted by Crippen LogP contribution is 2.60. The summed E-state index contributed by atoms with van der Waals surface area (Å²) in [6, 6.07) is 1.97. The highest BCUT2D eigenvalue weighted by molar-refractivity contribution is 5.32. The van der Waals surface area contributed by atoms with Crippen molar-refractivity contribution in [1.29, 1.82) is 0 Å². The summed E-state index contributed by atoms with van der Waals surface area (Å²) in [7, 11) is 0. The van der Waals surface area contributed by atoms with E-state index >= 15 is 0 Å². The number of hydrogen-bond acceptors (Lipinski definition) is 3. The largest absolute Gasteiger partial charge is 0.381 e. The number of anilines is 1. The maximum absolute atomic E-state index is 5.69. The normalized spacial score (nSPS) is 45.1. The minimum atomic E-state index is 0.305. The van der Waals surface area contributed by atoms with Crippen molar-refractivity contribution in [2.75, 3.05) is 5.73 Å². The molecule has 0 amide bonds. The van der Waals surface area contributed by atoms with Gasteiger partial charge in [0.2, 0.25) is 0 Å². The van der Waals surface area contributed by atoms with Crippen molar-refractivity contribution in [2.24, 2.45) is 17.8 Å². The van der Waals surface area contributed by atoms with E-state index in [0.29, 0.717) is 11.2 Å². The Hall–Kier alpha value is -0.990. The van der Waals surface area contributed by atoms with Crippen LogP contribution in [0.1, 0.15) is 44.3 Å². The molecule has 1 heterocycles. The molecule has 1 aromatic heterocycles. The number of aromatic nitrogens is 1. The molecule has 4 aliphatic rings. The van der Waals surface area contributed by atoms with Gasteiger partial charge in [0.25, 0.3) is 0 Å². The molecule has 4 aliphatic carbocycles. The van der Waals surface area contributed by atoms with Gasteiger partial charge in [-0.25, -0.2) is 0 Å². The van der Waals surface area contributed by atoms with Crippen molar-refractivity contribution < 1.29 is 4.52 Å². The van der Waals surface area contributed by atoms with Gasteiger partial charge < -0.3 is 10.3 Å². The Morgan fingerprint density at radius 3 is 2.12 bits per heavy atom. The molecule has 0 radical (unpaired) electrons. The summed E-state index contributed by atoms with van der Waals surface area (Å²) >= 11 is 0. The van der Waals surface area contributed by atoms with E-state index in [1.807, 2.05) is 6.07 Å². The van der Waals surface area contributed by atoms with Crippen LogP contribution in [0, 0.1) is 17.8 Å². The lowest BCUT2D eigenvalue weighted by molar-refractivity contribution is -0.0175. The van der Waals surface area contributed by atoms with Crippen LogP contribution in [0.3, 0.4) is 0 Å². The van der Waals surface area contributed by atoms with Crippen LogP contribution < -0.4 is 5.73 Å². The van der Waals surface area contributed by atoms with Crippen molar-refractivity contribution in [3.63, 3.8) is 0 Å². The molecule has 2 N–H and O–H groups in total. The molecule has 0 unspecified atom stereocenters. The van der Waals surface area contributed by atoms with Gasteiger partial charge >= 0.3 is 0 Å². The fraction of sp³-hybridized carbons (Fsp3) is 0.769. The minimum Gasteiger partial charge on any atom is -0.381 e. The van der Waals surface area contributed by atoms with Crippen LogP contribution in [0.5, 0.6) is 0 Å². The Labute approximate surface area is 95.4 Å². The van der Waals surface area contributed by atoms with Gasteiger partial charge in [-0.1, -0.05) is 5.16 Å². The predicted molar refractivity (Wildman–Crippen MR) is 60.8 cm³/mol. The molecule has 0 saturated heterocycles. The topological polar surface area (TPSA) is 52.0 Å². The van der Waals surface area contributed by atoms with Crippen LogP contribution in [0.4, 0.5) is 5.82 Å². The zero-order valence-electron chi connectivity index (χ0n) is 9.48. The molecule has 5 rings (SSSR count). The van der Waals surface area contributed by atoms with Gasteiger partial charge in [0, 0.05) is 11.5 Å². The van der Waals surface area contributed by atoms with Crippen molar-refractivity contribution in [2.45, 2.75) is 43.9 Å². The van der Waals surface area contributed by atoms with Gasteiger partial charge in [-0.3, -0.25) is 0 Å². The van der Waals surface area contributed by atoms with Crippen molar-refractivity contribution >= 4 is 5.82 Å². The second kappa shape index (κ2) is 2.82. The first-order valence-corrected chi connectivity index (χ1v) is 6.46. The third-order valence-electron chi connectivity index (χ3n) is 5.09. The van der Waals surface area contributed by atoms with Crippen LogP contribution >= 0.6 is 0 Å². The first kappa shape index (κ1) is 9.08. The lowest BCUT2D eigenvalue weighted by Gasteiger charge is -2.55. The van der Waals surface area contributed by atoms with E-state index in [1.54, 1.807) is 0 Å². The van der Waals surface area contributed by atoms with Gasteiger partial charge in [-0.05, 0) is 56.3 Å². The second-order valence-corrected chi connectivity index (χ2v) is 6.31. The highest BCUT2D eigenvalue weighted by atomic mass is 16.5. The molecule has 0 aliphatic heterocycles. The average molecular weight is 218 g/mol. The smallest absolute Gasteiger partial charge is 0.167 e. The van der Waals surface area contributed by atoms with Gasteiger partial charge in [0.05, 0.1) is 0 Å². The third-order valence-corrected chi connectivity index (χ3v) is 5.09. The molecular formula is C13H18N2O. The summed E-state index contributed by atoms with van der Waals surface area (Å²) in [4.78, 5) is 0. The number of nitrogens with zero attached hydrogens (tertiary/aromatic N) is 1. The monoisotopic (exact) mass is 218 g/mol. The third kappa shape index (κ3) is 1.12. The van der Waals surface area contributed by atoms with E-state index in [9.17, 15) is 0 Å². The van der Waals surface area contributed by atoms with E-state index in [4.69, 9.17) is 10.3 Å². The van der Waals surface area contributed by atoms with E-state index in [0.717, 1.165) is 23.5 Å². The van der Waals surface area contributed by atoms with E-state index in [2.05, 4.69) is 5.16 Å². The lowest BCUT2D eigenvalue weighted by atomic mass is 9.49. The van der Waals surface area contributed by atoms with Gasteiger partial charge in [-0.15, -0.1) is 0 Å². The average Bonchev–Trinajstić information content (AvgIpc) is 2.63. The molecule has 16 heavy (non-hydrogen) atoms. The van der Waals surface area contributed by atoms with Crippen LogP contribution in [0.2, 0.25) is 0 Å². The van der Waals surface area contributed by atoms with Crippen molar-refractivity contribution in [1.82, 2.24) is 5.16 Å². The summed E-state index contributed by atoms with van der Waals surface area (Å²) in [6.45, 7) is 0. The Bertz CT molecular complexity index is 388. The second-order valence-electron chi connectivity index (χ2n) is 6.31. The quantitative estimate of drug-likeness (QED) is 0.788. The van der Waals surface area contributed by atoms with E-state index < -0.39 is 0 Å². The number of rotatable bonds is 1.